The summed E-state index contributed by atoms with van der Waals surface area (Å²) in [5.41, 5.74) is 3.42. The van der Waals surface area contributed by atoms with Gasteiger partial charge in [-0.25, -0.2) is 0 Å². The van der Waals surface area contributed by atoms with Gasteiger partial charge in [0.05, 0.1) is 6.61 Å². The Morgan fingerprint density at radius 1 is 0.731 bits per heavy atom. The van der Waals surface area contributed by atoms with Crippen molar-refractivity contribution >= 4 is 21.6 Å². The molecule has 3 nitrogen and oxygen atoms in total. The Morgan fingerprint density at radius 2 is 1.31 bits per heavy atom. The van der Waals surface area contributed by atoms with Crippen LogP contribution in [0.15, 0.2) is 77.3 Å². The van der Waals surface area contributed by atoms with Gasteiger partial charge in [-0.1, -0.05) is 40.2 Å². The summed E-state index contributed by atoms with van der Waals surface area (Å²) in [6, 6.07) is 24.3. The van der Waals surface area contributed by atoms with Gasteiger partial charge >= 0.3 is 0 Å². The van der Waals surface area contributed by atoms with E-state index in [1.54, 1.807) is 0 Å². The van der Waals surface area contributed by atoms with Crippen molar-refractivity contribution in [2.45, 2.75) is 20.1 Å². The molecule has 0 heterocycles. The predicted octanol–water partition coefficient (Wildman–Crippen LogP) is 6.04. The fraction of sp³-hybridized carbons (Fsp3) is 0.182. The monoisotopic (exact) mass is 411 g/mol. The molecule has 3 aromatic carbocycles. The molecule has 1 N–H and O–H groups in total. The number of anilines is 1. The molecule has 4 heteroatoms. The molecule has 0 aliphatic carbocycles. The van der Waals surface area contributed by atoms with E-state index in [0.29, 0.717) is 13.2 Å². The lowest BCUT2D eigenvalue weighted by Gasteiger charge is -2.10. The second-order valence-corrected chi connectivity index (χ2v) is 6.79. The van der Waals surface area contributed by atoms with E-state index in [2.05, 4.69) is 45.5 Å². The van der Waals surface area contributed by atoms with Gasteiger partial charge in [0, 0.05) is 16.7 Å². The molecule has 3 rings (SSSR count). The van der Waals surface area contributed by atoms with Crippen molar-refractivity contribution in [1.82, 2.24) is 0 Å². The van der Waals surface area contributed by atoms with Crippen molar-refractivity contribution in [3.63, 3.8) is 0 Å². The molecular formula is C22H22BrNO2. The topological polar surface area (TPSA) is 30.5 Å². The van der Waals surface area contributed by atoms with E-state index < -0.39 is 0 Å². The van der Waals surface area contributed by atoms with E-state index in [9.17, 15) is 0 Å². The maximum absolute atomic E-state index is 5.84. The lowest BCUT2D eigenvalue weighted by molar-refractivity contribution is 0.306. The molecule has 0 radical (unpaired) electrons. The maximum Gasteiger partial charge on any atom is 0.119 e. The third-order valence-electron chi connectivity index (χ3n) is 3.90. The van der Waals surface area contributed by atoms with E-state index in [0.717, 1.165) is 33.8 Å². The summed E-state index contributed by atoms with van der Waals surface area (Å²) in [7, 11) is 0. The van der Waals surface area contributed by atoms with Gasteiger partial charge in [0.1, 0.15) is 18.1 Å². The first kappa shape index (κ1) is 18.3. The Kier molecular flexibility index (Phi) is 6.56. The number of ether oxygens (including phenoxy) is 2. The average molecular weight is 412 g/mol. The zero-order valence-electron chi connectivity index (χ0n) is 14.7. The minimum atomic E-state index is 0.567. The van der Waals surface area contributed by atoms with E-state index in [1.807, 2.05) is 55.5 Å². The van der Waals surface area contributed by atoms with Gasteiger partial charge in [0.2, 0.25) is 0 Å². The Labute approximate surface area is 163 Å². The summed E-state index contributed by atoms with van der Waals surface area (Å²) in [4.78, 5) is 0. The lowest BCUT2D eigenvalue weighted by atomic mass is 10.2. The molecule has 0 bridgehead atoms. The van der Waals surface area contributed by atoms with E-state index in [4.69, 9.17) is 9.47 Å². The smallest absolute Gasteiger partial charge is 0.119 e. The molecular weight excluding hydrogens is 390 g/mol. The highest BCUT2D eigenvalue weighted by Gasteiger charge is 1.99. The van der Waals surface area contributed by atoms with Crippen LogP contribution in [0, 0.1) is 0 Å². The zero-order valence-corrected chi connectivity index (χ0v) is 16.3. The van der Waals surface area contributed by atoms with Gasteiger partial charge in [-0.15, -0.1) is 0 Å². The minimum Gasteiger partial charge on any atom is -0.494 e. The van der Waals surface area contributed by atoms with Crippen molar-refractivity contribution in [3.8, 4) is 11.5 Å². The Morgan fingerprint density at radius 3 is 1.96 bits per heavy atom. The Hall–Kier alpha value is -2.46. The molecule has 0 saturated carbocycles. The molecule has 0 spiro atoms. The third-order valence-corrected chi connectivity index (χ3v) is 4.43. The van der Waals surface area contributed by atoms with Crippen LogP contribution < -0.4 is 14.8 Å². The van der Waals surface area contributed by atoms with E-state index in [-0.39, 0.29) is 0 Å². The number of halogens is 1. The van der Waals surface area contributed by atoms with E-state index in [1.165, 1.54) is 5.56 Å². The van der Waals surface area contributed by atoms with Crippen LogP contribution in [0.1, 0.15) is 18.1 Å². The quantitative estimate of drug-likeness (QED) is 0.489. The van der Waals surface area contributed by atoms with Crippen LogP contribution in [-0.4, -0.2) is 6.61 Å². The first-order valence-electron chi connectivity index (χ1n) is 8.66. The molecule has 0 atom stereocenters. The molecule has 0 aromatic heterocycles. The van der Waals surface area contributed by atoms with Crippen LogP contribution in [0.3, 0.4) is 0 Å². The van der Waals surface area contributed by atoms with Crippen LogP contribution in [0.25, 0.3) is 0 Å². The number of rotatable bonds is 8. The molecule has 134 valence electrons. The van der Waals surface area contributed by atoms with Crippen LogP contribution in [0.2, 0.25) is 0 Å². The van der Waals surface area contributed by atoms with Crippen LogP contribution in [-0.2, 0) is 13.2 Å². The van der Waals surface area contributed by atoms with Gasteiger partial charge in [0.15, 0.2) is 0 Å². The molecule has 0 aliphatic heterocycles. The normalized spacial score (nSPS) is 10.4. The highest BCUT2D eigenvalue weighted by Crippen LogP contribution is 2.18. The van der Waals surface area contributed by atoms with Gasteiger partial charge in [-0.3, -0.25) is 0 Å². The van der Waals surface area contributed by atoms with Crippen LogP contribution in [0.4, 0.5) is 5.69 Å². The van der Waals surface area contributed by atoms with Gasteiger partial charge in [-0.05, 0) is 66.6 Å². The Bertz CT molecular complexity index is 799. The summed E-state index contributed by atoms with van der Waals surface area (Å²) in [5, 5.41) is 3.41. The predicted molar refractivity (Wildman–Crippen MR) is 110 cm³/mol. The van der Waals surface area contributed by atoms with Crippen LogP contribution in [0.5, 0.6) is 11.5 Å². The molecule has 0 aliphatic rings. The summed E-state index contributed by atoms with van der Waals surface area (Å²) < 4.78 is 12.4. The first-order valence-corrected chi connectivity index (χ1v) is 9.45. The van der Waals surface area contributed by atoms with Crippen molar-refractivity contribution in [2.24, 2.45) is 0 Å². The molecule has 0 fully saturated rings. The minimum absolute atomic E-state index is 0.567. The van der Waals surface area contributed by atoms with Gasteiger partial charge in [0.25, 0.3) is 0 Å². The van der Waals surface area contributed by atoms with Crippen molar-refractivity contribution in [2.75, 3.05) is 11.9 Å². The van der Waals surface area contributed by atoms with E-state index >= 15 is 0 Å². The molecule has 3 aromatic rings. The summed E-state index contributed by atoms with van der Waals surface area (Å²) >= 11 is 3.44. The summed E-state index contributed by atoms with van der Waals surface area (Å²) in [6.07, 6.45) is 0. The number of benzene rings is 3. The standard InChI is InChI=1S/C22H22BrNO2/c1-2-25-21-13-9-20(10-14-21)24-15-17-5-11-22(12-6-17)26-16-18-3-7-19(23)8-4-18/h3-14,24H,2,15-16H2,1H3. The summed E-state index contributed by atoms with van der Waals surface area (Å²) in [5.74, 6) is 1.77. The second kappa shape index (κ2) is 9.30. The molecule has 26 heavy (non-hydrogen) atoms. The number of hydrogen-bond acceptors (Lipinski definition) is 3. The SMILES string of the molecule is CCOc1ccc(NCc2ccc(OCc3ccc(Br)cc3)cc2)cc1. The first-order chi connectivity index (χ1) is 12.7. The van der Waals surface area contributed by atoms with Crippen molar-refractivity contribution in [1.29, 1.82) is 0 Å². The summed E-state index contributed by atoms with van der Waals surface area (Å²) in [6.45, 7) is 4.00. The average Bonchev–Trinajstić information content (AvgIpc) is 2.68. The highest BCUT2D eigenvalue weighted by atomic mass is 79.9. The van der Waals surface area contributed by atoms with Crippen LogP contribution >= 0.6 is 15.9 Å². The second-order valence-electron chi connectivity index (χ2n) is 5.87. The third kappa shape index (κ3) is 5.53. The highest BCUT2D eigenvalue weighted by molar-refractivity contribution is 9.10. The fourth-order valence-electron chi connectivity index (χ4n) is 2.49. The van der Waals surface area contributed by atoms with Gasteiger partial charge < -0.3 is 14.8 Å². The fourth-order valence-corrected chi connectivity index (χ4v) is 2.75. The number of nitrogens with one attached hydrogen (secondary N) is 1. The van der Waals surface area contributed by atoms with Crippen molar-refractivity contribution in [3.05, 3.63) is 88.4 Å². The number of hydrogen-bond donors (Lipinski definition) is 1. The van der Waals surface area contributed by atoms with Crippen molar-refractivity contribution < 1.29 is 9.47 Å². The molecule has 0 saturated heterocycles. The largest absolute Gasteiger partial charge is 0.494 e. The molecule has 0 amide bonds. The zero-order chi connectivity index (χ0) is 18.2. The van der Waals surface area contributed by atoms with Gasteiger partial charge in [-0.2, -0.15) is 0 Å². The molecule has 0 unspecified atom stereocenters. The lowest BCUT2D eigenvalue weighted by Crippen LogP contribution is -2.00. The Balaban J connectivity index is 1.48. The maximum atomic E-state index is 5.84.